The smallest absolute Gasteiger partial charge is 0.306 e. The fraction of sp³-hybridized carbons (Fsp3) is 0.716. The van der Waals surface area contributed by atoms with Gasteiger partial charge in [0.15, 0.2) is 6.10 Å². The molecule has 0 radical (unpaired) electrons. The van der Waals surface area contributed by atoms with Crippen LogP contribution in [0.2, 0.25) is 0 Å². The number of rotatable bonds is 55. The molecule has 0 aromatic carbocycles. The van der Waals surface area contributed by atoms with Crippen molar-refractivity contribution in [3.05, 3.63) is 97.2 Å². The molecule has 73 heavy (non-hydrogen) atoms. The molecule has 0 heterocycles. The van der Waals surface area contributed by atoms with Gasteiger partial charge in [0.2, 0.25) is 0 Å². The minimum absolute atomic E-state index is 0.0867. The quantitative estimate of drug-likeness (QED) is 0.0261. The molecule has 0 aliphatic heterocycles. The van der Waals surface area contributed by atoms with E-state index < -0.39 is 6.10 Å². The molecular weight excluding hydrogens is 901 g/mol. The SMILES string of the molecule is CC/C=C\C/C=C\C/C=C\C/C=C\C/C=C\CCCCCCCCCCCCCC(=O)OCC(COC(=O)CCCCCCC/C=C\CCCCCC)OC(=O)CCCCCCC/C=C\C/C=C\CCCCC. The average Bonchev–Trinajstić information content (AvgIpc) is 3.39. The zero-order valence-electron chi connectivity index (χ0n) is 47.9. The fourth-order valence-corrected chi connectivity index (χ4v) is 8.44. The van der Waals surface area contributed by atoms with Gasteiger partial charge < -0.3 is 14.2 Å². The highest BCUT2D eigenvalue weighted by atomic mass is 16.6. The maximum atomic E-state index is 12.9. The second-order valence-electron chi connectivity index (χ2n) is 20.2. The lowest BCUT2D eigenvalue weighted by atomic mass is 10.0. The highest BCUT2D eigenvalue weighted by molar-refractivity contribution is 5.71. The number of hydrogen-bond donors (Lipinski definition) is 0. The van der Waals surface area contributed by atoms with Gasteiger partial charge in [-0.2, -0.15) is 0 Å². The summed E-state index contributed by atoms with van der Waals surface area (Å²) in [6, 6.07) is 0. The van der Waals surface area contributed by atoms with E-state index in [4.69, 9.17) is 14.2 Å². The number of ether oxygens (including phenoxy) is 3. The Hall–Kier alpha value is -3.67. The number of allylic oxidation sites excluding steroid dienone is 16. The van der Waals surface area contributed by atoms with Gasteiger partial charge in [0, 0.05) is 19.3 Å². The summed E-state index contributed by atoms with van der Waals surface area (Å²) in [6.45, 7) is 6.48. The van der Waals surface area contributed by atoms with E-state index in [9.17, 15) is 14.4 Å². The average molecular weight is 1020 g/mol. The normalized spacial score (nSPS) is 12.8. The third kappa shape index (κ3) is 59.1. The summed E-state index contributed by atoms with van der Waals surface area (Å²) < 4.78 is 16.9. The van der Waals surface area contributed by atoms with Crippen LogP contribution in [0.15, 0.2) is 97.2 Å². The van der Waals surface area contributed by atoms with Gasteiger partial charge in [-0.1, -0.05) is 246 Å². The lowest BCUT2D eigenvalue weighted by molar-refractivity contribution is -0.167. The van der Waals surface area contributed by atoms with E-state index in [1.807, 2.05) is 0 Å². The summed E-state index contributed by atoms with van der Waals surface area (Å²) in [5.74, 6) is -0.906. The standard InChI is InChI=1S/C67H114O6/c1-4-7-10-13-16-19-22-25-27-28-29-30-31-32-33-34-35-36-37-38-40-42-45-48-51-54-57-60-66(69)72-63-64(62-71-65(68)59-56-53-50-47-44-41-24-21-18-15-12-9-6-3)73-67(70)61-58-55-52-49-46-43-39-26-23-20-17-14-11-8-5-2/h7,10,16-17,19-21,24-27,29-30,32-33,39,64H,4-6,8-9,11-15,18,22-23,28,31,34-38,40-63H2,1-3H3/b10-7-,19-16-,20-17-,24-21-,27-25-,30-29-,33-32-,39-26-. The number of hydrogen-bond acceptors (Lipinski definition) is 6. The lowest BCUT2D eigenvalue weighted by Crippen LogP contribution is -2.30. The Balaban J connectivity index is 4.30. The van der Waals surface area contributed by atoms with Crippen LogP contribution in [0, 0.1) is 0 Å². The molecule has 6 heteroatoms. The molecule has 1 atom stereocenters. The second kappa shape index (κ2) is 60.9. The van der Waals surface area contributed by atoms with Crippen LogP contribution < -0.4 is 0 Å². The summed E-state index contributed by atoms with van der Waals surface area (Å²) >= 11 is 0. The minimum Gasteiger partial charge on any atom is -0.462 e. The van der Waals surface area contributed by atoms with Crippen LogP contribution in [0.1, 0.15) is 290 Å². The molecule has 0 aliphatic carbocycles. The van der Waals surface area contributed by atoms with Crippen LogP contribution in [-0.2, 0) is 28.6 Å². The monoisotopic (exact) mass is 1010 g/mol. The summed E-state index contributed by atoms with van der Waals surface area (Å²) in [5.41, 5.74) is 0. The van der Waals surface area contributed by atoms with Gasteiger partial charge in [-0.05, 0) is 122 Å². The third-order valence-corrected chi connectivity index (χ3v) is 13.0. The lowest BCUT2D eigenvalue weighted by Gasteiger charge is -2.18. The molecule has 0 N–H and O–H groups in total. The maximum Gasteiger partial charge on any atom is 0.306 e. The van der Waals surface area contributed by atoms with Crippen molar-refractivity contribution in [3.8, 4) is 0 Å². The van der Waals surface area contributed by atoms with Crippen molar-refractivity contribution in [1.82, 2.24) is 0 Å². The summed E-state index contributed by atoms with van der Waals surface area (Å²) in [6.07, 6.45) is 81.2. The Bertz CT molecular complexity index is 1440. The molecule has 0 rings (SSSR count). The van der Waals surface area contributed by atoms with Crippen LogP contribution in [0.5, 0.6) is 0 Å². The van der Waals surface area contributed by atoms with Gasteiger partial charge in [-0.15, -0.1) is 0 Å². The van der Waals surface area contributed by atoms with Crippen molar-refractivity contribution in [2.75, 3.05) is 13.2 Å². The van der Waals surface area contributed by atoms with Crippen molar-refractivity contribution in [3.63, 3.8) is 0 Å². The number of carbonyl (C=O) groups excluding carboxylic acids is 3. The zero-order chi connectivity index (χ0) is 52.9. The highest BCUT2D eigenvalue weighted by Gasteiger charge is 2.19. The van der Waals surface area contributed by atoms with Gasteiger partial charge in [-0.25, -0.2) is 0 Å². The van der Waals surface area contributed by atoms with E-state index >= 15 is 0 Å². The predicted octanol–water partition coefficient (Wildman–Crippen LogP) is 20.9. The number of esters is 3. The highest BCUT2D eigenvalue weighted by Crippen LogP contribution is 2.15. The first-order chi connectivity index (χ1) is 36.0. The van der Waals surface area contributed by atoms with Crippen LogP contribution in [0.4, 0.5) is 0 Å². The van der Waals surface area contributed by atoms with Crippen molar-refractivity contribution in [2.24, 2.45) is 0 Å². The van der Waals surface area contributed by atoms with Crippen molar-refractivity contribution in [2.45, 2.75) is 297 Å². The molecule has 0 fully saturated rings. The Kier molecular flexibility index (Phi) is 57.8. The largest absolute Gasteiger partial charge is 0.462 e. The summed E-state index contributed by atoms with van der Waals surface area (Å²) in [7, 11) is 0. The van der Waals surface area contributed by atoms with Gasteiger partial charge in [0.25, 0.3) is 0 Å². The molecule has 6 nitrogen and oxygen atoms in total. The molecule has 0 saturated carbocycles. The Morgan fingerprint density at radius 3 is 0.877 bits per heavy atom. The zero-order valence-corrected chi connectivity index (χ0v) is 47.9. The van der Waals surface area contributed by atoms with Crippen LogP contribution in [-0.4, -0.2) is 37.2 Å². The molecule has 0 aliphatic rings. The first-order valence-electron chi connectivity index (χ1n) is 30.7. The van der Waals surface area contributed by atoms with E-state index in [-0.39, 0.29) is 31.1 Å². The second-order valence-corrected chi connectivity index (χ2v) is 20.2. The molecule has 0 saturated heterocycles. The predicted molar refractivity (Wildman–Crippen MR) is 316 cm³/mol. The minimum atomic E-state index is -0.790. The van der Waals surface area contributed by atoms with Crippen molar-refractivity contribution >= 4 is 17.9 Å². The van der Waals surface area contributed by atoms with E-state index in [1.54, 1.807) is 0 Å². The van der Waals surface area contributed by atoms with Gasteiger partial charge >= 0.3 is 17.9 Å². The molecule has 0 aromatic rings. The Morgan fingerprint density at radius 1 is 0.288 bits per heavy atom. The number of carbonyl (C=O) groups is 3. The number of unbranched alkanes of at least 4 members (excludes halogenated alkanes) is 28. The summed E-state index contributed by atoms with van der Waals surface area (Å²) in [5, 5.41) is 0. The van der Waals surface area contributed by atoms with Crippen LogP contribution in [0.3, 0.4) is 0 Å². The van der Waals surface area contributed by atoms with Crippen molar-refractivity contribution in [1.29, 1.82) is 0 Å². The molecule has 0 aromatic heterocycles. The van der Waals surface area contributed by atoms with E-state index in [1.165, 1.54) is 128 Å². The molecule has 0 amide bonds. The summed E-state index contributed by atoms with van der Waals surface area (Å²) in [4.78, 5) is 38.2. The maximum absolute atomic E-state index is 12.9. The molecule has 0 bridgehead atoms. The Morgan fingerprint density at radius 2 is 0.534 bits per heavy atom. The van der Waals surface area contributed by atoms with Gasteiger partial charge in [-0.3, -0.25) is 14.4 Å². The van der Waals surface area contributed by atoms with Gasteiger partial charge in [0.1, 0.15) is 13.2 Å². The topological polar surface area (TPSA) is 78.9 Å². The molecule has 1 unspecified atom stereocenters. The van der Waals surface area contributed by atoms with Crippen molar-refractivity contribution < 1.29 is 28.6 Å². The fourth-order valence-electron chi connectivity index (χ4n) is 8.44. The molecule has 418 valence electrons. The molecular formula is C67H114O6. The van der Waals surface area contributed by atoms with Crippen LogP contribution >= 0.6 is 0 Å². The van der Waals surface area contributed by atoms with E-state index in [0.717, 1.165) is 122 Å². The first kappa shape index (κ1) is 69.3. The van der Waals surface area contributed by atoms with E-state index in [2.05, 4.69) is 118 Å². The Labute approximate surface area is 451 Å². The van der Waals surface area contributed by atoms with E-state index in [0.29, 0.717) is 19.3 Å². The van der Waals surface area contributed by atoms with Crippen LogP contribution in [0.25, 0.3) is 0 Å². The first-order valence-corrected chi connectivity index (χ1v) is 30.7. The van der Waals surface area contributed by atoms with Gasteiger partial charge in [0.05, 0.1) is 0 Å². The molecule has 0 spiro atoms. The third-order valence-electron chi connectivity index (χ3n) is 13.0.